The minimum Gasteiger partial charge on any atom is -0.378 e. The summed E-state index contributed by atoms with van der Waals surface area (Å²) in [4.78, 5) is 18.5. The number of carbonyl (C=O) groups is 1. The first-order valence-corrected chi connectivity index (χ1v) is 6.18. The van der Waals surface area contributed by atoms with Gasteiger partial charge in [-0.05, 0) is 19.1 Å². The molecule has 1 aliphatic heterocycles. The van der Waals surface area contributed by atoms with E-state index in [1.54, 1.807) is 17.9 Å². The number of aryl methyl sites for hydroxylation is 1. The smallest absolute Gasteiger partial charge is 0.272 e. The number of halogens is 1. The van der Waals surface area contributed by atoms with Crippen molar-refractivity contribution in [2.24, 2.45) is 0 Å². The maximum absolute atomic E-state index is 13.3. The molecule has 6 heteroatoms. The average Bonchev–Trinajstić information content (AvgIpc) is 2.74. The van der Waals surface area contributed by atoms with Crippen molar-refractivity contribution in [1.82, 2.24) is 14.3 Å². The van der Waals surface area contributed by atoms with E-state index in [0.29, 0.717) is 43.3 Å². The van der Waals surface area contributed by atoms with Gasteiger partial charge in [-0.3, -0.25) is 9.20 Å². The van der Waals surface area contributed by atoms with Crippen molar-refractivity contribution in [3.05, 3.63) is 35.5 Å². The number of fused-ring (bicyclic) bond motifs is 1. The van der Waals surface area contributed by atoms with Gasteiger partial charge in [0.25, 0.3) is 5.91 Å². The summed E-state index contributed by atoms with van der Waals surface area (Å²) < 4.78 is 20.1. The molecule has 0 radical (unpaired) electrons. The van der Waals surface area contributed by atoms with Gasteiger partial charge in [0.1, 0.15) is 17.2 Å². The highest BCUT2D eigenvalue weighted by Crippen LogP contribution is 2.16. The third-order valence-corrected chi connectivity index (χ3v) is 3.26. The zero-order valence-electron chi connectivity index (χ0n) is 10.6. The lowest BCUT2D eigenvalue weighted by Crippen LogP contribution is -2.41. The maximum atomic E-state index is 13.3. The number of rotatable bonds is 1. The van der Waals surface area contributed by atoms with Gasteiger partial charge in [0.05, 0.1) is 18.9 Å². The Balaban J connectivity index is 2.05. The fraction of sp³-hybridized carbons (Fsp3) is 0.385. The number of ether oxygens (including phenoxy) is 1. The number of pyridine rings is 1. The first-order chi connectivity index (χ1) is 9.16. The fourth-order valence-electron chi connectivity index (χ4n) is 2.31. The molecule has 5 nitrogen and oxygen atoms in total. The number of hydrogen-bond acceptors (Lipinski definition) is 3. The van der Waals surface area contributed by atoms with E-state index in [0.717, 1.165) is 0 Å². The molecule has 1 amide bonds. The van der Waals surface area contributed by atoms with Crippen LogP contribution in [0.25, 0.3) is 5.65 Å². The van der Waals surface area contributed by atoms with Crippen molar-refractivity contribution in [2.75, 3.05) is 26.3 Å². The highest BCUT2D eigenvalue weighted by Gasteiger charge is 2.24. The van der Waals surface area contributed by atoms with Crippen LogP contribution in [0.2, 0.25) is 0 Å². The molecule has 0 spiro atoms. The average molecular weight is 263 g/mol. The number of hydrogen-bond donors (Lipinski definition) is 0. The summed E-state index contributed by atoms with van der Waals surface area (Å²) >= 11 is 0. The van der Waals surface area contributed by atoms with Gasteiger partial charge in [-0.15, -0.1) is 0 Å². The summed E-state index contributed by atoms with van der Waals surface area (Å²) in [6.07, 6.45) is 1.29. The first kappa shape index (κ1) is 12.1. The van der Waals surface area contributed by atoms with Gasteiger partial charge in [-0.25, -0.2) is 9.37 Å². The molecule has 100 valence electrons. The fourth-order valence-corrected chi connectivity index (χ4v) is 2.31. The Kier molecular flexibility index (Phi) is 2.94. The molecular weight excluding hydrogens is 249 g/mol. The topological polar surface area (TPSA) is 46.8 Å². The van der Waals surface area contributed by atoms with Gasteiger partial charge in [-0.2, -0.15) is 0 Å². The van der Waals surface area contributed by atoms with Gasteiger partial charge in [0, 0.05) is 19.3 Å². The van der Waals surface area contributed by atoms with Crippen LogP contribution in [0.3, 0.4) is 0 Å². The maximum Gasteiger partial charge on any atom is 0.272 e. The summed E-state index contributed by atoms with van der Waals surface area (Å²) in [6, 6.07) is 2.91. The van der Waals surface area contributed by atoms with E-state index >= 15 is 0 Å². The van der Waals surface area contributed by atoms with Crippen molar-refractivity contribution in [1.29, 1.82) is 0 Å². The molecule has 3 rings (SSSR count). The summed E-state index contributed by atoms with van der Waals surface area (Å²) in [5.41, 5.74) is 1.62. The van der Waals surface area contributed by atoms with E-state index in [-0.39, 0.29) is 11.7 Å². The van der Waals surface area contributed by atoms with Gasteiger partial charge >= 0.3 is 0 Å². The highest BCUT2D eigenvalue weighted by molar-refractivity contribution is 5.94. The first-order valence-electron chi connectivity index (χ1n) is 6.18. The quantitative estimate of drug-likeness (QED) is 0.778. The lowest BCUT2D eigenvalue weighted by atomic mass is 10.3. The summed E-state index contributed by atoms with van der Waals surface area (Å²) in [7, 11) is 0. The zero-order chi connectivity index (χ0) is 13.4. The lowest BCUT2D eigenvalue weighted by Gasteiger charge is -2.26. The van der Waals surface area contributed by atoms with Gasteiger partial charge in [-0.1, -0.05) is 0 Å². The standard InChI is InChI=1S/C13H14FN3O2/c1-9-12(13(18)16-4-6-19-7-5-16)17-8-10(14)2-3-11(17)15-9/h2-3,8H,4-7H2,1H3. The number of nitrogens with zero attached hydrogens (tertiary/aromatic N) is 3. The van der Waals surface area contributed by atoms with Gasteiger partial charge in [0.15, 0.2) is 0 Å². The SMILES string of the molecule is Cc1nc2ccc(F)cn2c1C(=O)N1CCOCC1. The predicted molar refractivity (Wildman–Crippen MR) is 66.6 cm³/mol. The van der Waals surface area contributed by atoms with Crippen LogP contribution in [0, 0.1) is 12.7 Å². The highest BCUT2D eigenvalue weighted by atomic mass is 19.1. The van der Waals surface area contributed by atoms with E-state index in [4.69, 9.17) is 4.74 Å². The van der Waals surface area contributed by atoms with Crippen LogP contribution >= 0.6 is 0 Å². The lowest BCUT2D eigenvalue weighted by molar-refractivity contribution is 0.0297. The Labute approximate surface area is 109 Å². The van der Waals surface area contributed by atoms with Crippen molar-refractivity contribution in [3.8, 4) is 0 Å². The van der Waals surface area contributed by atoms with Crippen LogP contribution in [0.15, 0.2) is 18.3 Å². The Bertz CT molecular complexity index is 632. The van der Waals surface area contributed by atoms with Gasteiger partial charge < -0.3 is 9.64 Å². The second-order valence-electron chi connectivity index (χ2n) is 4.53. The third-order valence-electron chi connectivity index (χ3n) is 3.26. The van der Waals surface area contributed by atoms with E-state index in [9.17, 15) is 9.18 Å². The molecule has 0 bridgehead atoms. The molecule has 0 aromatic carbocycles. The predicted octanol–water partition coefficient (Wildman–Crippen LogP) is 1.25. The van der Waals surface area contributed by atoms with Crippen LogP contribution in [0.1, 0.15) is 16.2 Å². The Morgan fingerprint density at radius 1 is 1.37 bits per heavy atom. The van der Waals surface area contributed by atoms with Crippen LogP contribution in [-0.4, -0.2) is 46.5 Å². The van der Waals surface area contributed by atoms with Crippen LogP contribution < -0.4 is 0 Å². The van der Waals surface area contributed by atoms with Crippen LogP contribution in [0.4, 0.5) is 4.39 Å². The minimum atomic E-state index is -0.388. The van der Waals surface area contributed by atoms with Crippen molar-refractivity contribution in [3.63, 3.8) is 0 Å². The molecule has 1 aliphatic rings. The van der Waals surface area contributed by atoms with E-state index < -0.39 is 0 Å². The number of carbonyl (C=O) groups excluding carboxylic acids is 1. The van der Waals surface area contributed by atoms with E-state index in [2.05, 4.69) is 4.98 Å². The zero-order valence-corrected chi connectivity index (χ0v) is 10.6. The normalized spacial score (nSPS) is 16.0. The minimum absolute atomic E-state index is 0.126. The second-order valence-corrected chi connectivity index (χ2v) is 4.53. The van der Waals surface area contributed by atoms with E-state index in [1.165, 1.54) is 16.7 Å². The van der Waals surface area contributed by atoms with Crippen molar-refractivity contribution >= 4 is 11.6 Å². The van der Waals surface area contributed by atoms with Crippen LogP contribution in [-0.2, 0) is 4.74 Å². The molecule has 1 saturated heterocycles. The number of morpholine rings is 1. The molecule has 0 N–H and O–H groups in total. The molecule has 1 fully saturated rings. The third kappa shape index (κ3) is 2.08. The Hall–Kier alpha value is -1.95. The number of aromatic nitrogens is 2. The summed E-state index contributed by atoms with van der Waals surface area (Å²) in [6.45, 7) is 3.95. The molecular formula is C13H14FN3O2. The molecule has 19 heavy (non-hydrogen) atoms. The molecule has 2 aromatic heterocycles. The Morgan fingerprint density at radius 3 is 2.84 bits per heavy atom. The van der Waals surface area contributed by atoms with Crippen molar-refractivity contribution in [2.45, 2.75) is 6.92 Å². The molecule has 0 atom stereocenters. The van der Waals surface area contributed by atoms with Crippen molar-refractivity contribution < 1.29 is 13.9 Å². The summed E-state index contributed by atoms with van der Waals surface area (Å²) in [5.74, 6) is -0.514. The van der Waals surface area contributed by atoms with E-state index in [1.807, 2.05) is 0 Å². The summed E-state index contributed by atoms with van der Waals surface area (Å²) in [5, 5.41) is 0. The Morgan fingerprint density at radius 2 is 2.11 bits per heavy atom. The number of imidazole rings is 1. The molecule has 3 heterocycles. The second kappa shape index (κ2) is 4.62. The molecule has 2 aromatic rings. The van der Waals surface area contributed by atoms with Gasteiger partial charge in [0.2, 0.25) is 0 Å². The number of amides is 1. The molecule has 0 saturated carbocycles. The largest absolute Gasteiger partial charge is 0.378 e. The van der Waals surface area contributed by atoms with Crippen LogP contribution in [0.5, 0.6) is 0 Å². The molecule has 0 unspecified atom stereocenters. The molecule has 0 aliphatic carbocycles. The monoisotopic (exact) mass is 263 g/mol.